The molecule has 0 saturated heterocycles. The first-order valence-electron chi connectivity index (χ1n) is 5.76. The molecule has 1 N–H and O–H groups in total. The Hall–Kier alpha value is -3.39. The highest BCUT2D eigenvalue weighted by Crippen LogP contribution is 2.42. The number of allylic oxidation sites excluding steroid dienone is 2. The minimum absolute atomic E-state index is 0.0603. The van der Waals surface area contributed by atoms with Gasteiger partial charge in [0.25, 0.3) is 0 Å². The highest BCUT2D eigenvalue weighted by molar-refractivity contribution is 5.81. The first-order chi connectivity index (χ1) is 10.1. The van der Waals surface area contributed by atoms with Gasteiger partial charge in [-0.3, -0.25) is 0 Å². The van der Waals surface area contributed by atoms with E-state index in [9.17, 15) is 4.79 Å². The van der Waals surface area contributed by atoms with E-state index in [1.165, 1.54) is 0 Å². The summed E-state index contributed by atoms with van der Waals surface area (Å²) in [6, 6.07) is 6.37. The lowest BCUT2D eigenvalue weighted by Crippen LogP contribution is -2.23. The SMILES string of the molecule is C=CC(=O)OCCNC1C(=C(C#N)C#N)C1=C(C#N)C#N. The number of carbonyl (C=O) groups excluding carboxylic acids is 1. The third-order valence-corrected chi connectivity index (χ3v) is 2.63. The number of hydrogen-bond acceptors (Lipinski definition) is 7. The molecule has 7 nitrogen and oxygen atoms in total. The van der Waals surface area contributed by atoms with Gasteiger partial charge in [-0.25, -0.2) is 4.79 Å². The Bertz CT molecular complexity index is 624. The maximum atomic E-state index is 10.8. The van der Waals surface area contributed by atoms with Gasteiger partial charge >= 0.3 is 5.97 Å². The first-order valence-corrected chi connectivity index (χ1v) is 5.76. The summed E-state index contributed by atoms with van der Waals surface area (Å²) in [6.07, 6.45) is 1.03. The number of nitrogens with one attached hydrogen (secondary N) is 1. The maximum absolute atomic E-state index is 10.8. The summed E-state index contributed by atoms with van der Waals surface area (Å²) in [5, 5.41) is 38.3. The van der Waals surface area contributed by atoms with Gasteiger partial charge < -0.3 is 10.1 Å². The van der Waals surface area contributed by atoms with Gasteiger partial charge in [-0.15, -0.1) is 0 Å². The molecule has 0 radical (unpaired) electrons. The molecule has 1 aliphatic rings. The number of rotatable bonds is 5. The van der Waals surface area contributed by atoms with Crippen LogP contribution in [0.5, 0.6) is 0 Å². The van der Waals surface area contributed by atoms with Crippen molar-refractivity contribution in [3.05, 3.63) is 34.9 Å². The Kier molecular flexibility index (Phi) is 5.42. The molecule has 1 aliphatic carbocycles. The molecule has 1 rings (SSSR count). The molecule has 1 fully saturated rings. The summed E-state index contributed by atoms with van der Waals surface area (Å²) < 4.78 is 4.75. The van der Waals surface area contributed by atoms with Gasteiger partial charge in [-0.2, -0.15) is 21.0 Å². The molecule has 1 saturated carbocycles. The average Bonchev–Trinajstić information content (AvgIpc) is 3.20. The monoisotopic (exact) mass is 279 g/mol. The van der Waals surface area contributed by atoms with Crippen molar-refractivity contribution in [1.82, 2.24) is 5.32 Å². The lowest BCUT2D eigenvalue weighted by Gasteiger charge is -2.02. The third kappa shape index (κ3) is 3.55. The number of nitrogens with zero attached hydrogens (tertiary/aromatic N) is 4. The molecule has 0 amide bonds. The van der Waals surface area contributed by atoms with E-state index in [1.54, 1.807) is 24.3 Å². The topological polar surface area (TPSA) is 133 Å². The fourth-order valence-corrected chi connectivity index (χ4v) is 1.69. The quantitative estimate of drug-likeness (QED) is 0.332. The van der Waals surface area contributed by atoms with Crippen LogP contribution in [0.4, 0.5) is 0 Å². The van der Waals surface area contributed by atoms with Crippen LogP contribution < -0.4 is 5.32 Å². The number of esters is 1. The smallest absolute Gasteiger partial charge is 0.330 e. The van der Waals surface area contributed by atoms with Crippen LogP contribution in [0.25, 0.3) is 0 Å². The van der Waals surface area contributed by atoms with Crippen LogP contribution in [0.1, 0.15) is 0 Å². The first kappa shape index (κ1) is 15.7. The third-order valence-electron chi connectivity index (χ3n) is 2.63. The summed E-state index contributed by atoms with van der Waals surface area (Å²) in [5.41, 5.74) is 0.392. The predicted molar refractivity (Wildman–Crippen MR) is 69.5 cm³/mol. The Balaban J connectivity index is 2.83. The summed E-state index contributed by atoms with van der Waals surface area (Å²) in [4.78, 5) is 10.8. The van der Waals surface area contributed by atoms with Gasteiger partial charge in [0.2, 0.25) is 0 Å². The minimum atomic E-state index is -0.566. The Morgan fingerprint density at radius 2 is 1.62 bits per heavy atom. The van der Waals surface area contributed by atoms with Crippen LogP contribution in [0, 0.1) is 45.3 Å². The molecule has 0 atom stereocenters. The van der Waals surface area contributed by atoms with Crippen LogP contribution >= 0.6 is 0 Å². The van der Waals surface area contributed by atoms with Crippen molar-refractivity contribution in [3.8, 4) is 24.3 Å². The maximum Gasteiger partial charge on any atom is 0.330 e. The van der Waals surface area contributed by atoms with Crippen LogP contribution in [0.3, 0.4) is 0 Å². The van der Waals surface area contributed by atoms with Gasteiger partial charge in [0.1, 0.15) is 42.0 Å². The number of carbonyl (C=O) groups is 1. The Labute approximate surface area is 121 Å². The van der Waals surface area contributed by atoms with Gasteiger partial charge in [0.05, 0.1) is 6.04 Å². The van der Waals surface area contributed by atoms with Gasteiger partial charge in [0, 0.05) is 23.8 Å². The largest absolute Gasteiger partial charge is 0.461 e. The van der Waals surface area contributed by atoms with E-state index in [1.807, 2.05) is 0 Å². The second kappa shape index (κ2) is 7.26. The van der Waals surface area contributed by atoms with E-state index < -0.39 is 12.0 Å². The molecule has 7 heteroatoms. The van der Waals surface area contributed by atoms with Crippen molar-refractivity contribution < 1.29 is 9.53 Å². The average molecular weight is 279 g/mol. The van der Waals surface area contributed by atoms with Crippen molar-refractivity contribution in [1.29, 1.82) is 21.0 Å². The standard InChI is InChI=1S/C14H9N5O2/c1-2-11(20)21-4-3-19-14-12(9(5-15)6-16)13(14)10(7-17)8-18/h2,14,19H,1,3-4H2. The number of hydrogen-bond donors (Lipinski definition) is 1. The van der Waals surface area contributed by atoms with Crippen molar-refractivity contribution in [2.45, 2.75) is 6.04 Å². The fourth-order valence-electron chi connectivity index (χ4n) is 1.69. The van der Waals surface area contributed by atoms with Crippen molar-refractivity contribution in [2.75, 3.05) is 13.2 Å². The van der Waals surface area contributed by atoms with Crippen LogP contribution in [-0.2, 0) is 9.53 Å². The Morgan fingerprint density at radius 1 is 1.14 bits per heavy atom. The van der Waals surface area contributed by atoms with Gasteiger partial charge in [0.15, 0.2) is 0 Å². The van der Waals surface area contributed by atoms with Gasteiger partial charge in [-0.1, -0.05) is 6.58 Å². The second-order valence-corrected chi connectivity index (χ2v) is 3.78. The molecule has 0 aromatic heterocycles. The summed E-state index contributed by atoms with van der Waals surface area (Å²) in [6.45, 7) is 3.55. The highest BCUT2D eigenvalue weighted by atomic mass is 16.5. The lowest BCUT2D eigenvalue weighted by molar-refractivity contribution is -0.137. The number of nitriles is 4. The van der Waals surface area contributed by atoms with E-state index in [2.05, 4.69) is 11.9 Å². The van der Waals surface area contributed by atoms with E-state index in [0.717, 1.165) is 6.08 Å². The minimum Gasteiger partial charge on any atom is -0.461 e. The highest BCUT2D eigenvalue weighted by Gasteiger charge is 2.43. The van der Waals surface area contributed by atoms with Crippen LogP contribution in [0.15, 0.2) is 34.9 Å². The molecule has 0 aliphatic heterocycles. The van der Waals surface area contributed by atoms with Crippen LogP contribution in [-0.4, -0.2) is 25.2 Å². The summed E-state index contributed by atoms with van der Waals surface area (Å²) >= 11 is 0. The summed E-state index contributed by atoms with van der Waals surface area (Å²) in [5.74, 6) is -0.566. The molecule has 21 heavy (non-hydrogen) atoms. The van der Waals surface area contributed by atoms with Crippen molar-refractivity contribution in [3.63, 3.8) is 0 Å². The molecule has 102 valence electrons. The molecule has 0 spiro atoms. The second-order valence-electron chi connectivity index (χ2n) is 3.78. The van der Waals surface area contributed by atoms with Crippen molar-refractivity contribution >= 4 is 5.97 Å². The lowest BCUT2D eigenvalue weighted by atomic mass is 10.2. The van der Waals surface area contributed by atoms with E-state index in [0.29, 0.717) is 11.1 Å². The molecule has 0 aromatic carbocycles. The van der Waals surface area contributed by atoms with Crippen molar-refractivity contribution in [2.24, 2.45) is 0 Å². The Morgan fingerprint density at radius 3 is 2.00 bits per heavy atom. The van der Waals surface area contributed by atoms with Crippen LogP contribution in [0.2, 0.25) is 0 Å². The summed E-state index contributed by atoms with van der Waals surface area (Å²) in [7, 11) is 0. The van der Waals surface area contributed by atoms with E-state index >= 15 is 0 Å². The zero-order valence-electron chi connectivity index (χ0n) is 10.9. The zero-order chi connectivity index (χ0) is 15.8. The fraction of sp³-hybridized carbons (Fsp3) is 0.214. The molecule has 0 unspecified atom stereocenters. The predicted octanol–water partition coefficient (Wildman–Crippen LogP) is 0.375. The van der Waals surface area contributed by atoms with E-state index in [4.69, 9.17) is 25.8 Å². The number of ether oxygens (including phenoxy) is 1. The van der Waals surface area contributed by atoms with Gasteiger partial charge in [-0.05, 0) is 0 Å². The van der Waals surface area contributed by atoms with E-state index in [-0.39, 0.29) is 24.3 Å². The molecule has 0 aromatic rings. The molecule has 0 bridgehead atoms. The molecular weight excluding hydrogens is 270 g/mol. The molecular formula is C14H9N5O2. The molecule has 0 heterocycles. The zero-order valence-corrected chi connectivity index (χ0v) is 10.9. The normalized spacial score (nSPS) is 14.8.